The molecule has 0 aliphatic heterocycles. The van der Waals surface area contributed by atoms with Gasteiger partial charge in [-0.1, -0.05) is 39.7 Å². The minimum atomic E-state index is 0.0869. The van der Waals surface area contributed by atoms with E-state index in [4.69, 9.17) is 11.6 Å². The summed E-state index contributed by atoms with van der Waals surface area (Å²) < 4.78 is 1.07. The molecule has 0 aliphatic carbocycles. The Morgan fingerprint density at radius 1 is 1.09 bits per heavy atom. The molecule has 2 aromatic rings. The fraction of sp³-hybridized carbons (Fsp3) is 0.235. The number of rotatable bonds is 8. The highest BCUT2D eigenvalue weighted by atomic mass is 79.9. The molecule has 0 aromatic heterocycles. The second-order valence-electron chi connectivity index (χ2n) is 4.77. The van der Waals surface area contributed by atoms with Gasteiger partial charge in [0.2, 0.25) is 5.91 Å². The Kier molecular flexibility index (Phi) is 8.37. The van der Waals surface area contributed by atoms with Crippen LogP contribution in [0.3, 0.4) is 0 Å². The first-order chi connectivity index (χ1) is 11.1. The fourth-order valence-electron chi connectivity index (χ4n) is 1.78. The van der Waals surface area contributed by atoms with Crippen molar-refractivity contribution in [1.29, 1.82) is 0 Å². The van der Waals surface area contributed by atoms with Gasteiger partial charge < -0.3 is 5.32 Å². The van der Waals surface area contributed by atoms with Crippen LogP contribution < -0.4 is 5.32 Å². The highest BCUT2D eigenvalue weighted by molar-refractivity contribution is 9.10. The van der Waals surface area contributed by atoms with Gasteiger partial charge in [-0.05, 0) is 42.0 Å². The van der Waals surface area contributed by atoms with Crippen LogP contribution in [0.1, 0.15) is 5.56 Å². The number of thioether (sulfide) groups is 2. The molecule has 1 amide bonds. The van der Waals surface area contributed by atoms with E-state index in [1.165, 1.54) is 5.56 Å². The lowest BCUT2D eigenvalue weighted by Crippen LogP contribution is -2.27. The number of amides is 1. The summed E-state index contributed by atoms with van der Waals surface area (Å²) in [4.78, 5) is 12.9. The topological polar surface area (TPSA) is 29.1 Å². The molecule has 2 rings (SSSR count). The zero-order valence-corrected chi connectivity index (χ0v) is 16.4. The van der Waals surface area contributed by atoms with Gasteiger partial charge in [-0.3, -0.25) is 4.79 Å². The van der Waals surface area contributed by atoms with E-state index in [2.05, 4.69) is 33.4 Å². The molecule has 0 fully saturated rings. The van der Waals surface area contributed by atoms with Crippen LogP contribution in [0.25, 0.3) is 0 Å². The van der Waals surface area contributed by atoms with E-state index in [-0.39, 0.29) is 5.91 Å². The zero-order valence-electron chi connectivity index (χ0n) is 12.4. The Labute approximate surface area is 158 Å². The number of nitrogens with one attached hydrogen (secondary N) is 1. The van der Waals surface area contributed by atoms with Gasteiger partial charge in [0.1, 0.15) is 0 Å². The molecule has 1 N–H and O–H groups in total. The Morgan fingerprint density at radius 2 is 1.78 bits per heavy atom. The van der Waals surface area contributed by atoms with Gasteiger partial charge in [-0.25, -0.2) is 0 Å². The van der Waals surface area contributed by atoms with Crippen LogP contribution in [0.2, 0.25) is 5.02 Å². The van der Waals surface area contributed by atoms with Crippen LogP contribution in [0.5, 0.6) is 0 Å². The van der Waals surface area contributed by atoms with Gasteiger partial charge in [0.05, 0.1) is 5.75 Å². The van der Waals surface area contributed by atoms with Gasteiger partial charge >= 0.3 is 0 Å². The summed E-state index contributed by atoms with van der Waals surface area (Å²) >= 11 is 12.6. The SMILES string of the molecule is O=C(CSCc1ccc(Br)cc1)NCCSc1ccc(Cl)cc1. The molecule has 0 heterocycles. The lowest BCUT2D eigenvalue weighted by molar-refractivity contribution is -0.118. The van der Waals surface area contributed by atoms with Crippen molar-refractivity contribution >= 4 is 57.0 Å². The Balaban J connectivity index is 1.56. The van der Waals surface area contributed by atoms with Crippen LogP contribution in [-0.4, -0.2) is 24.0 Å². The molecule has 0 radical (unpaired) electrons. The highest BCUT2D eigenvalue weighted by Crippen LogP contribution is 2.19. The standard InChI is InChI=1S/C17H17BrClNOS2/c18-14-3-1-13(2-4-14)11-22-12-17(21)20-9-10-23-16-7-5-15(19)6-8-16/h1-8H,9-12H2,(H,20,21). The molecule has 0 unspecified atom stereocenters. The monoisotopic (exact) mass is 429 g/mol. The maximum Gasteiger partial charge on any atom is 0.230 e. The molecule has 2 aromatic carbocycles. The molecule has 6 heteroatoms. The number of carbonyl (C=O) groups is 1. The number of benzene rings is 2. The first-order valence-corrected chi connectivity index (χ1v) is 10.4. The third-order valence-electron chi connectivity index (χ3n) is 2.92. The van der Waals surface area contributed by atoms with Crippen molar-refractivity contribution in [2.75, 3.05) is 18.1 Å². The number of hydrogen-bond acceptors (Lipinski definition) is 3. The summed E-state index contributed by atoms with van der Waals surface area (Å²) in [7, 11) is 0. The summed E-state index contributed by atoms with van der Waals surface area (Å²) in [5.74, 6) is 2.27. The quantitative estimate of drug-likeness (QED) is 0.458. The zero-order chi connectivity index (χ0) is 16.5. The van der Waals surface area contributed by atoms with Crippen LogP contribution in [0.15, 0.2) is 57.9 Å². The summed E-state index contributed by atoms with van der Waals surface area (Å²) in [6.07, 6.45) is 0. The van der Waals surface area contributed by atoms with Crippen molar-refractivity contribution in [3.05, 3.63) is 63.6 Å². The molecule has 122 valence electrons. The smallest absolute Gasteiger partial charge is 0.230 e. The van der Waals surface area contributed by atoms with E-state index in [0.29, 0.717) is 12.3 Å². The molecular formula is C17H17BrClNOS2. The van der Waals surface area contributed by atoms with Gasteiger partial charge in [0.25, 0.3) is 0 Å². The molecule has 2 nitrogen and oxygen atoms in total. The summed E-state index contributed by atoms with van der Waals surface area (Å²) in [6, 6.07) is 15.9. The van der Waals surface area contributed by atoms with Crippen molar-refractivity contribution in [3.8, 4) is 0 Å². The first kappa shape index (κ1) is 18.7. The first-order valence-electron chi connectivity index (χ1n) is 7.11. The average molecular weight is 431 g/mol. The van der Waals surface area contributed by atoms with E-state index in [9.17, 15) is 4.79 Å². The van der Waals surface area contributed by atoms with Crippen molar-refractivity contribution in [2.24, 2.45) is 0 Å². The Bertz CT molecular complexity index is 619. The maximum atomic E-state index is 11.8. The van der Waals surface area contributed by atoms with E-state index in [1.54, 1.807) is 23.5 Å². The van der Waals surface area contributed by atoms with E-state index in [0.717, 1.165) is 25.9 Å². The van der Waals surface area contributed by atoms with E-state index < -0.39 is 0 Å². The van der Waals surface area contributed by atoms with Crippen molar-refractivity contribution in [2.45, 2.75) is 10.6 Å². The Morgan fingerprint density at radius 3 is 2.48 bits per heavy atom. The second-order valence-corrected chi connectivity index (χ2v) is 8.28. The van der Waals surface area contributed by atoms with Crippen LogP contribution in [0.4, 0.5) is 0 Å². The molecule has 0 atom stereocenters. The molecule has 23 heavy (non-hydrogen) atoms. The summed E-state index contributed by atoms with van der Waals surface area (Å²) in [5.41, 5.74) is 1.23. The second kappa shape index (κ2) is 10.3. The summed E-state index contributed by atoms with van der Waals surface area (Å²) in [6.45, 7) is 0.672. The maximum absolute atomic E-state index is 11.8. The predicted molar refractivity (Wildman–Crippen MR) is 105 cm³/mol. The average Bonchev–Trinajstić information content (AvgIpc) is 2.55. The van der Waals surface area contributed by atoms with E-state index >= 15 is 0 Å². The minimum absolute atomic E-state index is 0.0869. The van der Waals surface area contributed by atoms with Gasteiger partial charge in [0.15, 0.2) is 0 Å². The lowest BCUT2D eigenvalue weighted by Gasteiger charge is -2.06. The molecule has 0 bridgehead atoms. The van der Waals surface area contributed by atoms with Gasteiger partial charge in [0, 0.05) is 32.4 Å². The number of hydrogen-bond donors (Lipinski definition) is 1. The van der Waals surface area contributed by atoms with E-state index in [1.807, 2.05) is 36.4 Å². The van der Waals surface area contributed by atoms with Crippen molar-refractivity contribution in [1.82, 2.24) is 5.32 Å². The normalized spacial score (nSPS) is 10.5. The number of halogens is 2. The van der Waals surface area contributed by atoms with Gasteiger partial charge in [-0.2, -0.15) is 0 Å². The third-order valence-corrected chi connectivity index (χ3v) is 5.72. The van der Waals surface area contributed by atoms with Crippen molar-refractivity contribution in [3.63, 3.8) is 0 Å². The van der Waals surface area contributed by atoms with Crippen LogP contribution >= 0.6 is 51.1 Å². The third kappa shape index (κ3) is 7.66. The summed E-state index contributed by atoms with van der Waals surface area (Å²) in [5, 5.41) is 3.69. The molecule has 0 aliphatic rings. The highest BCUT2D eigenvalue weighted by Gasteiger charge is 2.02. The fourth-order valence-corrected chi connectivity index (χ4v) is 3.76. The number of carbonyl (C=O) groups excluding carboxylic acids is 1. The molecular weight excluding hydrogens is 414 g/mol. The van der Waals surface area contributed by atoms with Gasteiger partial charge in [-0.15, -0.1) is 23.5 Å². The van der Waals surface area contributed by atoms with Crippen LogP contribution in [-0.2, 0) is 10.5 Å². The van der Waals surface area contributed by atoms with Crippen molar-refractivity contribution < 1.29 is 4.79 Å². The molecule has 0 spiro atoms. The van der Waals surface area contributed by atoms with Crippen LogP contribution in [0, 0.1) is 0 Å². The molecule has 0 saturated heterocycles. The predicted octanol–water partition coefficient (Wildman–Crippen LogP) is 5.24. The Hall–Kier alpha value is -0.620. The molecule has 0 saturated carbocycles. The lowest BCUT2D eigenvalue weighted by atomic mass is 10.2. The largest absolute Gasteiger partial charge is 0.355 e. The minimum Gasteiger partial charge on any atom is -0.355 e.